The number of carbonyl (C=O) groups excluding carboxylic acids is 1. The molecule has 8 heteroatoms. The van der Waals surface area contributed by atoms with Gasteiger partial charge in [-0.15, -0.1) is 11.3 Å². The highest BCUT2D eigenvalue weighted by molar-refractivity contribution is 7.49. The van der Waals surface area contributed by atoms with Gasteiger partial charge in [-0.05, 0) is 58.7 Å². The van der Waals surface area contributed by atoms with Crippen molar-refractivity contribution in [2.45, 2.75) is 12.1 Å². The molecular formula is C21H18Cl2NO3PS. The second kappa shape index (κ2) is 9.57. The summed E-state index contributed by atoms with van der Waals surface area (Å²) in [4.78, 5) is 13.2. The fourth-order valence-electron chi connectivity index (χ4n) is 3.04. The van der Waals surface area contributed by atoms with Crippen LogP contribution >= 0.6 is 42.9 Å². The van der Waals surface area contributed by atoms with Gasteiger partial charge in [0.2, 0.25) is 5.91 Å². The number of carbonyl (C=O) groups is 1. The van der Waals surface area contributed by atoms with Crippen LogP contribution < -0.4 is 5.32 Å². The third kappa shape index (κ3) is 4.83. The molecule has 1 unspecified atom stereocenters. The number of nitrogens with one attached hydrogen (secondary N) is 1. The van der Waals surface area contributed by atoms with Crippen LogP contribution in [0.4, 0.5) is 0 Å². The van der Waals surface area contributed by atoms with Gasteiger partial charge >= 0.3 is 0 Å². The van der Waals surface area contributed by atoms with E-state index >= 15 is 0 Å². The lowest BCUT2D eigenvalue weighted by Crippen LogP contribution is -2.26. The van der Waals surface area contributed by atoms with Crippen molar-refractivity contribution in [1.82, 2.24) is 5.32 Å². The van der Waals surface area contributed by atoms with E-state index in [1.165, 1.54) is 0 Å². The van der Waals surface area contributed by atoms with E-state index in [9.17, 15) is 4.79 Å². The van der Waals surface area contributed by atoms with Gasteiger partial charge in [0.1, 0.15) is 5.66 Å². The smallest absolute Gasteiger partial charge is 0.240 e. The summed E-state index contributed by atoms with van der Waals surface area (Å²) in [5, 5.41) is 7.08. The minimum absolute atomic E-state index is 0.180. The molecule has 4 rings (SSSR count). The van der Waals surface area contributed by atoms with E-state index in [4.69, 9.17) is 32.2 Å². The first kappa shape index (κ1) is 20.8. The molecule has 29 heavy (non-hydrogen) atoms. The van der Waals surface area contributed by atoms with E-state index in [1.807, 2.05) is 41.8 Å². The molecule has 0 saturated carbocycles. The van der Waals surface area contributed by atoms with Crippen LogP contribution in [0.2, 0.25) is 10.0 Å². The molecule has 0 spiro atoms. The standard InChI is InChI=1S/C21H18Cl2NO3PS/c22-15-6-7-19-16(12-15)17(13-29-19)20(28-26-10-3-11-27-28)21(25)24-9-8-14-4-1-2-5-18(14)23/h1-2,4-9,12-13,20H,3,10-11H2,(H,24,25). The molecule has 1 aromatic heterocycles. The average Bonchev–Trinajstić information content (AvgIpc) is 3.13. The highest BCUT2D eigenvalue weighted by Crippen LogP contribution is 2.56. The molecule has 3 aromatic rings. The third-order valence-corrected chi connectivity index (χ3v) is 7.81. The Morgan fingerprint density at radius 1 is 1.17 bits per heavy atom. The number of fused-ring (bicyclic) bond motifs is 1. The van der Waals surface area contributed by atoms with Gasteiger partial charge in [0.05, 0.1) is 13.2 Å². The summed E-state index contributed by atoms with van der Waals surface area (Å²) >= 11 is 14.0. The molecule has 0 radical (unpaired) electrons. The second-order valence-electron chi connectivity index (χ2n) is 6.40. The van der Waals surface area contributed by atoms with Crippen LogP contribution in [0.5, 0.6) is 0 Å². The minimum atomic E-state index is -1.39. The maximum absolute atomic E-state index is 13.2. The van der Waals surface area contributed by atoms with Crippen molar-refractivity contribution < 1.29 is 13.8 Å². The molecule has 0 aliphatic carbocycles. The molecule has 4 nitrogen and oxygen atoms in total. The van der Waals surface area contributed by atoms with Crippen LogP contribution in [-0.2, 0) is 13.8 Å². The van der Waals surface area contributed by atoms with Crippen molar-refractivity contribution in [2.75, 3.05) is 13.2 Å². The SMILES string of the molecule is O=C(NC=Cc1ccccc1Cl)C(c1csc2ccc(Cl)cc12)P1OCCCO1. The molecule has 1 saturated heterocycles. The van der Waals surface area contributed by atoms with Gasteiger partial charge in [0, 0.05) is 20.9 Å². The fraction of sp³-hybridized carbons (Fsp3) is 0.190. The van der Waals surface area contributed by atoms with Crippen LogP contribution in [0.1, 0.15) is 23.2 Å². The predicted molar refractivity (Wildman–Crippen MR) is 122 cm³/mol. The number of halogens is 2. The van der Waals surface area contributed by atoms with Gasteiger partial charge < -0.3 is 14.4 Å². The van der Waals surface area contributed by atoms with E-state index in [1.54, 1.807) is 29.7 Å². The lowest BCUT2D eigenvalue weighted by molar-refractivity contribution is -0.120. The minimum Gasteiger partial charge on any atom is -0.333 e. The average molecular weight is 466 g/mol. The zero-order chi connectivity index (χ0) is 20.2. The van der Waals surface area contributed by atoms with Gasteiger partial charge in [0.15, 0.2) is 8.38 Å². The molecular weight excluding hydrogens is 448 g/mol. The Bertz CT molecular complexity index is 1050. The topological polar surface area (TPSA) is 47.6 Å². The predicted octanol–water partition coefficient (Wildman–Crippen LogP) is 6.79. The van der Waals surface area contributed by atoms with Crippen LogP contribution in [0, 0.1) is 0 Å². The molecule has 1 atom stereocenters. The first-order valence-electron chi connectivity index (χ1n) is 9.06. The van der Waals surface area contributed by atoms with Crippen molar-refractivity contribution in [1.29, 1.82) is 0 Å². The summed E-state index contributed by atoms with van der Waals surface area (Å²) < 4.78 is 12.8. The Hall–Kier alpha value is -1.46. The lowest BCUT2D eigenvalue weighted by atomic mass is 10.1. The molecule has 1 aliphatic heterocycles. The molecule has 1 amide bonds. The summed E-state index contributed by atoms with van der Waals surface area (Å²) in [5.74, 6) is -0.180. The van der Waals surface area contributed by atoms with Gasteiger partial charge in [-0.2, -0.15) is 0 Å². The summed E-state index contributed by atoms with van der Waals surface area (Å²) in [7, 11) is -1.39. The number of rotatable bonds is 5. The van der Waals surface area contributed by atoms with Gasteiger partial charge in [0.25, 0.3) is 0 Å². The normalized spacial score (nSPS) is 16.3. The highest BCUT2D eigenvalue weighted by Gasteiger charge is 2.35. The van der Waals surface area contributed by atoms with Crippen LogP contribution in [0.3, 0.4) is 0 Å². The number of hydrogen-bond donors (Lipinski definition) is 1. The van der Waals surface area contributed by atoms with Crippen molar-refractivity contribution in [3.05, 3.63) is 75.2 Å². The molecule has 150 valence electrons. The van der Waals surface area contributed by atoms with Gasteiger partial charge in [-0.3, -0.25) is 4.79 Å². The summed E-state index contributed by atoms with van der Waals surface area (Å²) in [6, 6.07) is 13.2. The number of thiophene rings is 1. The number of benzene rings is 2. The van der Waals surface area contributed by atoms with Gasteiger partial charge in [-0.25, -0.2) is 0 Å². The van der Waals surface area contributed by atoms with Crippen molar-refractivity contribution in [3.63, 3.8) is 0 Å². The van der Waals surface area contributed by atoms with Crippen molar-refractivity contribution >= 4 is 65.0 Å². The highest BCUT2D eigenvalue weighted by atomic mass is 35.5. The van der Waals surface area contributed by atoms with E-state index in [0.717, 1.165) is 27.6 Å². The molecule has 0 bridgehead atoms. The Kier molecular flexibility index (Phi) is 6.86. The number of hydrogen-bond acceptors (Lipinski definition) is 4. The Morgan fingerprint density at radius 3 is 2.76 bits per heavy atom. The monoisotopic (exact) mass is 465 g/mol. The van der Waals surface area contributed by atoms with Crippen LogP contribution in [0.15, 0.2) is 54.0 Å². The summed E-state index contributed by atoms with van der Waals surface area (Å²) in [6.07, 6.45) is 4.21. The number of amides is 1. The molecule has 1 fully saturated rings. The van der Waals surface area contributed by atoms with E-state index in [2.05, 4.69) is 5.32 Å². The summed E-state index contributed by atoms with van der Waals surface area (Å²) in [5.41, 5.74) is 1.16. The lowest BCUT2D eigenvalue weighted by Gasteiger charge is -2.28. The second-order valence-corrected chi connectivity index (χ2v) is 9.76. The zero-order valence-electron chi connectivity index (χ0n) is 15.3. The maximum atomic E-state index is 13.2. The molecule has 2 heterocycles. The fourth-order valence-corrected chi connectivity index (χ4v) is 6.18. The van der Waals surface area contributed by atoms with Crippen molar-refractivity contribution in [2.24, 2.45) is 0 Å². The Morgan fingerprint density at radius 2 is 1.97 bits per heavy atom. The Balaban J connectivity index is 1.62. The summed E-state index contributed by atoms with van der Waals surface area (Å²) in [6.45, 7) is 1.18. The Labute approximate surface area is 184 Å². The van der Waals surface area contributed by atoms with Gasteiger partial charge in [-0.1, -0.05) is 41.4 Å². The van der Waals surface area contributed by atoms with Crippen LogP contribution in [0.25, 0.3) is 16.2 Å². The van der Waals surface area contributed by atoms with E-state index in [-0.39, 0.29) is 5.91 Å². The quantitative estimate of drug-likeness (QED) is 0.422. The third-order valence-electron chi connectivity index (χ3n) is 4.44. The maximum Gasteiger partial charge on any atom is 0.240 e. The first-order valence-corrected chi connectivity index (χ1v) is 11.9. The van der Waals surface area contributed by atoms with E-state index < -0.39 is 14.0 Å². The van der Waals surface area contributed by atoms with Crippen molar-refractivity contribution in [3.8, 4) is 0 Å². The molecule has 1 N–H and O–H groups in total. The van der Waals surface area contributed by atoms with Crippen LogP contribution in [-0.4, -0.2) is 19.1 Å². The zero-order valence-corrected chi connectivity index (χ0v) is 18.5. The molecule has 2 aromatic carbocycles. The molecule has 1 aliphatic rings. The van der Waals surface area contributed by atoms with E-state index in [0.29, 0.717) is 23.3 Å². The largest absolute Gasteiger partial charge is 0.333 e. The first-order chi connectivity index (χ1) is 14.1.